The molecule has 0 aliphatic rings. The fourth-order valence-corrected chi connectivity index (χ4v) is 3.20. The van der Waals surface area contributed by atoms with Crippen LogP contribution in [-0.2, 0) is 5.41 Å². The summed E-state index contributed by atoms with van der Waals surface area (Å²) in [5.41, 5.74) is 0.690. The van der Waals surface area contributed by atoms with Crippen LogP contribution >= 0.6 is 23.1 Å². The predicted molar refractivity (Wildman–Crippen MR) is 68.9 cm³/mol. The highest BCUT2D eigenvalue weighted by Gasteiger charge is 2.31. The van der Waals surface area contributed by atoms with Gasteiger partial charge in [-0.25, -0.2) is 0 Å². The van der Waals surface area contributed by atoms with Crippen molar-refractivity contribution in [1.82, 2.24) is 4.37 Å². The van der Waals surface area contributed by atoms with Crippen molar-refractivity contribution in [2.24, 2.45) is 0 Å². The molecule has 1 aromatic heterocycles. The average molecular weight is 264 g/mol. The molecule has 1 nitrogen and oxygen atoms in total. The van der Waals surface area contributed by atoms with E-state index in [1.165, 1.54) is 0 Å². The van der Waals surface area contributed by atoms with E-state index in [4.69, 9.17) is 11.6 Å². The van der Waals surface area contributed by atoms with Crippen LogP contribution in [0.15, 0.2) is 0 Å². The second-order valence-electron chi connectivity index (χ2n) is 4.53. The summed E-state index contributed by atoms with van der Waals surface area (Å²) in [4.78, 5) is 0. The molecule has 0 fully saturated rings. The van der Waals surface area contributed by atoms with Crippen LogP contribution in [0.4, 0.5) is 4.39 Å². The van der Waals surface area contributed by atoms with E-state index in [1.807, 2.05) is 0 Å². The molecule has 0 amide bonds. The third-order valence-corrected chi connectivity index (χ3v) is 4.15. The van der Waals surface area contributed by atoms with Crippen LogP contribution < -0.4 is 0 Å². The smallest absolute Gasteiger partial charge is 0.193 e. The summed E-state index contributed by atoms with van der Waals surface area (Å²) in [5.74, 6) is 0. The van der Waals surface area contributed by atoms with E-state index >= 15 is 0 Å². The van der Waals surface area contributed by atoms with Crippen LogP contribution in [0.5, 0.6) is 0 Å². The second-order valence-corrected chi connectivity index (χ2v) is 5.63. The molecule has 0 N–H and O–H groups in total. The quantitative estimate of drug-likeness (QED) is 0.689. The molecule has 1 rings (SSSR count). The van der Waals surface area contributed by atoms with Gasteiger partial charge in [-0.2, -0.15) is 8.76 Å². The maximum absolute atomic E-state index is 13.3. The van der Waals surface area contributed by atoms with Crippen molar-refractivity contribution in [2.45, 2.75) is 58.3 Å². The molecule has 0 spiro atoms. The Labute approximate surface area is 106 Å². The minimum atomic E-state index is -0.351. The van der Waals surface area contributed by atoms with Gasteiger partial charge in [-0.15, -0.1) is 0 Å². The maximum Gasteiger partial charge on any atom is 0.214 e. The van der Waals surface area contributed by atoms with E-state index in [9.17, 15) is 4.39 Å². The number of halogens is 2. The fraction of sp³-hybridized carbons (Fsp3) is 0.750. The first-order chi connectivity index (χ1) is 7.55. The van der Waals surface area contributed by atoms with Gasteiger partial charge in [0.1, 0.15) is 5.02 Å². The molecule has 4 heteroatoms. The summed E-state index contributed by atoms with van der Waals surface area (Å²) in [5, 5.41) is -0.118. The molecule has 0 bridgehead atoms. The second kappa shape index (κ2) is 5.97. The lowest BCUT2D eigenvalue weighted by Gasteiger charge is -2.27. The standard InChI is InChI=1S/C12H19ClFNS/c1-4-6-8-12(3,7-5-2)10-9(13)11(14)16-15-10/h4-8H2,1-3H3. The van der Waals surface area contributed by atoms with Crippen LogP contribution in [0.3, 0.4) is 0 Å². The first kappa shape index (κ1) is 13.9. The van der Waals surface area contributed by atoms with Crippen molar-refractivity contribution in [3.8, 4) is 0 Å². The Morgan fingerprint density at radius 1 is 1.31 bits per heavy atom. The molecule has 0 saturated carbocycles. The number of hydrogen-bond acceptors (Lipinski definition) is 2. The zero-order valence-corrected chi connectivity index (χ0v) is 11.7. The Balaban J connectivity index is 2.96. The molecule has 1 heterocycles. The molecule has 0 aromatic carbocycles. The Hall–Kier alpha value is -0.150. The van der Waals surface area contributed by atoms with Crippen LogP contribution in [0.25, 0.3) is 0 Å². The highest BCUT2D eigenvalue weighted by atomic mass is 35.5. The van der Waals surface area contributed by atoms with Gasteiger partial charge in [0.05, 0.1) is 5.69 Å². The molecule has 16 heavy (non-hydrogen) atoms. The lowest BCUT2D eigenvalue weighted by molar-refractivity contribution is 0.375. The third-order valence-electron chi connectivity index (χ3n) is 3.05. The van der Waals surface area contributed by atoms with Gasteiger partial charge in [0.15, 0.2) is 0 Å². The molecule has 0 aliphatic carbocycles. The first-order valence-corrected chi connectivity index (χ1v) is 7.01. The van der Waals surface area contributed by atoms with Crippen molar-refractivity contribution >= 4 is 23.1 Å². The van der Waals surface area contributed by atoms with Gasteiger partial charge >= 0.3 is 0 Å². The highest BCUT2D eigenvalue weighted by Crippen LogP contribution is 2.39. The summed E-state index contributed by atoms with van der Waals surface area (Å²) in [6, 6.07) is 0. The number of unbranched alkanes of at least 4 members (excludes halogenated alkanes) is 1. The largest absolute Gasteiger partial charge is 0.214 e. The monoisotopic (exact) mass is 263 g/mol. The lowest BCUT2D eigenvalue weighted by atomic mass is 9.78. The molecular weight excluding hydrogens is 245 g/mol. The first-order valence-electron chi connectivity index (χ1n) is 5.86. The highest BCUT2D eigenvalue weighted by molar-refractivity contribution is 7.04. The van der Waals surface area contributed by atoms with Gasteiger partial charge in [0, 0.05) is 5.41 Å². The van der Waals surface area contributed by atoms with Crippen molar-refractivity contribution in [3.05, 3.63) is 15.8 Å². The SMILES string of the molecule is CCCCC(C)(CCC)c1nsc(F)c1Cl. The zero-order chi connectivity index (χ0) is 12.2. The van der Waals surface area contributed by atoms with E-state index in [2.05, 4.69) is 25.1 Å². The van der Waals surface area contributed by atoms with Gasteiger partial charge in [-0.3, -0.25) is 0 Å². The minimum Gasteiger partial charge on any atom is -0.193 e. The van der Waals surface area contributed by atoms with Crippen molar-refractivity contribution in [2.75, 3.05) is 0 Å². The third kappa shape index (κ3) is 2.95. The van der Waals surface area contributed by atoms with Crippen molar-refractivity contribution in [1.29, 1.82) is 0 Å². The van der Waals surface area contributed by atoms with Crippen LogP contribution in [-0.4, -0.2) is 4.37 Å². The van der Waals surface area contributed by atoms with Gasteiger partial charge in [-0.1, -0.05) is 51.6 Å². The van der Waals surface area contributed by atoms with Gasteiger partial charge in [-0.05, 0) is 24.4 Å². The van der Waals surface area contributed by atoms with Gasteiger partial charge in [0.2, 0.25) is 5.13 Å². The Morgan fingerprint density at radius 3 is 2.44 bits per heavy atom. The van der Waals surface area contributed by atoms with Crippen LogP contribution in [0.1, 0.15) is 58.6 Å². The van der Waals surface area contributed by atoms with Gasteiger partial charge < -0.3 is 0 Å². The topological polar surface area (TPSA) is 12.9 Å². The van der Waals surface area contributed by atoms with Crippen molar-refractivity contribution in [3.63, 3.8) is 0 Å². The molecule has 0 radical (unpaired) electrons. The maximum atomic E-state index is 13.3. The molecule has 0 aliphatic heterocycles. The number of hydrogen-bond donors (Lipinski definition) is 0. The molecular formula is C12H19ClFNS. The number of aromatic nitrogens is 1. The molecule has 0 saturated heterocycles. The van der Waals surface area contributed by atoms with Crippen molar-refractivity contribution < 1.29 is 4.39 Å². The summed E-state index contributed by atoms with van der Waals surface area (Å²) >= 11 is 6.85. The minimum absolute atomic E-state index is 0.0668. The van der Waals surface area contributed by atoms with E-state index < -0.39 is 0 Å². The van der Waals surface area contributed by atoms with E-state index in [-0.39, 0.29) is 15.6 Å². The van der Waals surface area contributed by atoms with E-state index in [0.29, 0.717) is 0 Å². The normalized spacial score (nSPS) is 15.1. The zero-order valence-electron chi connectivity index (χ0n) is 10.1. The summed E-state index contributed by atoms with van der Waals surface area (Å²) < 4.78 is 17.4. The number of nitrogens with zero attached hydrogens (tertiary/aromatic N) is 1. The summed E-state index contributed by atoms with van der Waals surface area (Å²) in [6.45, 7) is 6.45. The molecule has 1 unspecified atom stereocenters. The van der Waals surface area contributed by atoms with Crippen LogP contribution in [0.2, 0.25) is 5.02 Å². The summed E-state index contributed by atoms with van der Waals surface area (Å²) in [6.07, 6.45) is 5.38. The predicted octanol–water partition coefficient (Wildman–Crippen LogP) is 5.18. The van der Waals surface area contributed by atoms with Crippen LogP contribution in [0, 0.1) is 5.13 Å². The fourth-order valence-electron chi connectivity index (χ4n) is 2.11. The van der Waals surface area contributed by atoms with E-state index in [1.54, 1.807) is 0 Å². The Kier molecular flexibility index (Phi) is 5.19. The molecule has 1 aromatic rings. The van der Waals surface area contributed by atoms with E-state index in [0.717, 1.165) is 49.3 Å². The molecule has 92 valence electrons. The summed E-state index contributed by atoms with van der Waals surface area (Å²) in [7, 11) is 0. The Bertz CT molecular complexity index is 340. The van der Waals surface area contributed by atoms with Gasteiger partial charge in [0.25, 0.3) is 0 Å². The number of rotatable bonds is 6. The molecule has 1 atom stereocenters. The average Bonchev–Trinajstić information content (AvgIpc) is 2.58. The Morgan fingerprint density at radius 2 is 2.00 bits per heavy atom. The lowest BCUT2D eigenvalue weighted by Crippen LogP contribution is -2.22.